The van der Waals surface area contributed by atoms with Crippen molar-refractivity contribution in [3.63, 3.8) is 0 Å². The lowest BCUT2D eigenvalue weighted by Gasteiger charge is -2.36. The van der Waals surface area contributed by atoms with E-state index >= 15 is 0 Å². The molecule has 0 atom stereocenters. The van der Waals surface area contributed by atoms with Crippen molar-refractivity contribution in [2.45, 2.75) is 6.54 Å². The molecule has 0 saturated carbocycles. The van der Waals surface area contributed by atoms with E-state index in [0.29, 0.717) is 73.4 Å². The molecule has 0 unspecified atom stereocenters. The molecule has 38 heavy (non-hydrogen) atoms. The van der Waals surface area contributed by atoms with Crippen LogP contribution in [0.25, 0.3) is 28.4 Å². The third-order valence-corrected chi connectivity index (χ3v) is 6.87. The number of aromatic carboxylic acids is 1. The summed E-state index contributed by atoms with van der Waals surface area (Å²) in [5, 5.41) is 13.4. The Kier molecular flexibility index (Phi) is 5.60. The summed E-state index contributed by atoms with van der Waals surface area (Å²) in [4.78, 5) is 37.3. The highest BCUT2D eigenvalue weighted by Gasteiger charge is 2.24. The van der Waals surface area contributed by atoms with Crippen molar-refractivity contribution >= 4 is 34.4 Å². The lowest BCUT2D eigenvalue weighted by atomic mass is 10.1. The number of imidazole rings is 1. The highest BCUT2D eigenvalue weighted by molar-refractivity contribution is 5.88. The van der Waals surface area contributed by atoms with Crippen molar-refractivity contribution < 1.29 is 18.7 Å². The van der Waals surface area contributed by atoms with E-state index in [4.69, 9.17) is 15.3 Å². The van der Waals surface area contributed by atoms with Gasteiger partial charge in [-0.05, 0) is 30.3 Å². The van der Waals surface area contributed by atoms with Crippen LogP contribution in [0.1, 0.15) is 10.4 Å². The molecule has 13 nitrogen and oxygen atoms in total. The van der Waals surface area contributed by atoms with Crippen molar-refractivity contribution in [2.24, 2.45) is 7.05 Å². The maximum Gasteiger partial charge on any atom is 0.335 e. The summed E-state index contributed by atoms with van der Waals surface area (Å²) in [6, 6.07) is 7.42. The number of fused-ring (bicyclic) bond motifs is 3. The van der Waals surface area contributed by atoms with Crippen molar-refractivity contribution in [3.05, 3.63) is 58.5 Å². The fourth-order valence-corrected chi connectivity index (χ4v) is 4.85. The summed E-state index contributed by atoms with van der Waals surface area (Å²) in [6.45, 7) is 3.38. The van der Waals surface area contributed by atoms with E-state index < -0.39 is 11.8 Å². The molecule has 0 aliphatic carbocycles. The highest BCUT2D eigenvalue weighted by Crippen LogP contribution is 2.24. The smallest absolute Gasteiger partial charge is 0.335 e. The first-order valence-electron chi connectivity index (χ1n) is 12.0. The van der Waals surface area contributed by atoms with Gasteiger partial charge in [0.25, 0.3) is 0 Å². The van der Waals surface area contributed by atoms with Crippen molar-refractivity contribution in [2.75, 3.05) is 43.4 Å². The number of aromatic nitrogens is 6. The Balaban J connectivity index is 1.21. The molecule has 6 rings (SSSR count). The Morgan fingerprint density at radius 1 is 1.13 bits per heavy atom. The molecule has 5 aromatic rings. The van der Waals surface area contributed by atoms with Gasteiger partial charge in [-0.3, -0.25) is 14.0 Å². The first-order chi connectivity index (χ1) is 18.3. The van der Waals surface area contributed by atoms with Crippen LogP contribution in [0.3, 0.4) is 0 Å². The minimum Gasteiger partial charge on any atom is -0.478 e. The lowest BCUT2D eigenvalue weighted by molar-refractivity contribution is 0.0696. The minimum absolute atomic E-state index is 0.0831. The van der Waals surface area contributed by atoms with Gasteiger partial charge in [-0.25, -0.2) is 19.0 Å². The molecular weight excluding hydrogens is 497 g/mol. The van der Waals surface area contributed by atoms with Crippen LogP contribution in [0.4, 0.5) is 16.0 Å². The summed E-state index contributed by atoms with van der Waals surface area (Å²) in [5.41, 5.74) is 7.56. The van der Waals surface area contributed by atoms with Crippen LogP contribution < -0.4 is 16.3 Å². The first-order valence-corrected chi connectivity index (χ1v) is 12.0. The Hall–Kier alpha value is -4.72. The number of hydrogen-bond donors (Lipinski definition) is 2. The zero-order valence-electron chi connectivity index (χ0n) is 20.4. The zero-order valence-corrected chi connectivity index (χ0v) is 20.4. The Labute approximate surface area is 214 Å². The predicted molar refractivity (Wildman–Crippen MR) is 136 cm³/mol. The standard InChI is InChI=1S/C24H24FN9O4/c1-30-18-20(28-23(26)34-21(18)27-19(29-34)17-3-2-12-38-17)33(24(30)37)11-8-31-6-9-32(10-7-31)16-5-4-14(22(35)36)13-15(16)25/h2-5,12-13H,6-11H2,1H3,(H2,26,28)(H,35,36). The maximum atomic E-state index is 14.5. The Bertz CT molecular complexity index is 1730. The second kappa shape index (κ2) is 8.99. The van der Waals surface area contributed by atoms with Crippen LogP contribution in [-0.2, 0) is 13.6 Å². The predicted octanol–water partition coefficient (Wildman–Crippen LogP) is 1.28. The van der Waals surface area contributed by atoms with Gasteiger partial charge in [0.2, 0.25) is 11.8 Å². The molecule has 0 radical (unpaired) electrons. The summed E-state index contributed by atoms with van der Waals surface area (Å²) >= 11 is 0. The first kappa shape index (κ1) is 23.7. The van der Waals surface area contributed by atoms with Crippen LogP contribution in [0.2, 0.25) is 0 Å². The number of halogens is 1. The third kappa shape index (κ3) is 3.85. The fraction of sp³-hybridized carbons (Fsp3) is 0.292. The average Bonchev–Trinajstić information content (AvgIpc) is 3.63. The number of benzene rings is 1. The van der Waals surface area contributed by atoms with E-state index in [1.54, 1.807) is 23.7 Å². The van der Waals surface area contributed by atoms with Gasteiger partial charge in [0.1, 0.15) is 11.3 Å². The van der Waals surface area contributed by atoms with E-state index in [-0.39, 0.29) is 17.2 Å². The van der Waals surface area contributed by atoms with E-state index in [2.05, 4.69) is 20.0 Å². The maximum absolute atomic E-state index is 14.5. The van der Waals surface area contributed by atoms with Gasteiger partial charge < -0.3 is 20.2 Å². The SMILES string of the molecule is Cn1c(=O)n(CCN2CCN(c3ccc(C(=O)O)cc3F)CC2)c2nc(N)n3nc(-c4ccco4)nc3c21. The molecule has 1 aromatic carbocycles. The van der Waals surface area contributed by atoms with Gasteiger partial charge in [0.05, 0.1) is 17.5 Å². The normalized spacial score (nSPS) is 14.6. The van der Waals surface area contributed by atoms with Gasteiger partial charge in [-0.1, -0.05) is 0 Å². The molecule has 1 aliphatic rings. The summed E-state index contributed by atoms with van der Waals surface area (Å²) in [6.07, 6.45) is 1.52. The number of nitrogens with zero attached hydrogens (tertiary/aromatic N) is 8. The number of nitrogen functional groups attached to an aromatic ring is 1. The van der Waals surface area contributed by atoms with Crippen LogP contribution in [-0.4, -0.2) is 77.4 Å². The molecule has 0 bridgehead atoms. The number of hydrogen-bond acceptors (Lipinski definition) is 9. The molecule has 0 amide bonds. The lowest BCUT2D eigenvalue weighted by Crippen LogP contribution is -2.47. The molecule has 0 spiro atoms. The molecule has 1 aliphatic heterocycles. The second-order valence-electron chi connectivity index (χ2n) is 9.08. The molecule has 14 heteroatoms. The number of carboxylic acids is 1. The number of aryl methyl sites for hydroxylation is 1. The van der Waals surface area contributed by atoms with Gasteiger partial charge >= 0.3 is 11.7 Å². The number of piperazine rings is 1. The van der Waals surface area contributed by atoms with Crippen molar-refractivity contribution in [1.82, 2.24) is 33.6 Å². The van der Waals surface area contributed by atoms with Crippen molar-refractivity contribution in [3.8, 4) is 11.6 Å². The van der Waals surface area contributed by atoms with E-state index in [1.165, 1.54) is 27.5 Å². The molecule has 5 heterocycles. The number of carbonyl (C=O) groups is 1. The van der Waals surface area contributed by atoms with E-state index in [1.807, 2.05) is 4.90 Å². The van der Waals surface area contributed by atoms with Crippen LogP contribution in [0.5, 0.6) is 0 Å². The van der Waals surface area contributed by atoms with Crippen LogP contribution in [0, 0.1) is 5.82 Å². The van der Waals surface area contributed by atoms with Crippen LogP contribution >= 0.6 is 0 Å². The minimum atomic E-state index is -1.16. The summed E-state index contributed by atoms with van der Waals surface area (Å²) < 4.78 is 24.3. The number of furan rings is 1. The van der Waals surface area contributed by atoms with Gasteiger partial charge in [0, 0.05) is 46.3 Å². The average molecular weight is 522 g/mol. The summed E-state index contributed by atoms with van der Waals surface area (Å²) in [7, 11) is 1.66. The number of carboxylic acid groups (broad SMARTS) is 1. The number of rotatable bonds is 6. The molecule has 4 aromatic heterocycles. The molecular formula is C24H24FN9O4. The topological polar surface area (TPSA) is 153 Å². The number of nitrogens with two attached hydrogens (primary N) is 1. The molecule has 196 valence electrons. The van der Waals surface area contributed by atoms with Gasteiger partial charge in [0.15, 0.2) is 17.1 Å². The largest absolute Gasteiger partial charge is 0.478 e. The number of anilines is 2. The summed E-state index contributed by atoms with van der Waals surface area (Å²) in [5.74, 6) is -0.811. The van der Waals surface area contributed by atoms with Crippen LogP contribution in [0.15, 0.2) is 45.8 Å². The molecule has 3 N–H and O–H groups in total. The third-order valence-electron chi connectivity index (χ3n) is 6.87. The Morgan fingerprint density at radius 2 is 1.92 bits per heavy atom. The second-order valence-corrected chi connectivity index (χ2v) is 9.08. The quantitative estimate of drug-likeness (QED) is 0.334. The molecule has 1 saturated heterocycles. The van der Waals surface area contributed by atoms with E-state index in [9.17, 15) is 14.0 Å². The van der Waals surface area contributed by atoms with Crippen molar-refractivity contribution in [1.29, 1.82) is 0 Å². The van der Waals surface area contributed by atoms with Gasteiger partial charge in [-0.15, -0.1) is 5.10 Å². The molecule has 1 fully saturated rings. The fourth-order valence-electron chi connectivity index (χ4n) is 4.85. The van der Waals surface area contributed by atoms with Gasteiger partial charge in [-0.2, -0.15) is 9.50 Å². The Morgan fingerprint density at radius 3 is 2.61 bits per heavy atom. The van der Waals surface area contributed by atoms with E-state index in [0.717, 1.165) is 6.07 Å². The zero-order chi connectivity index (χ0) is 26.6. The monoisotopic (exact) mass is 521 g/mol. The highest BCUT2D eigenvalue weighted by atomic mass is 19.1.